The number of ether oxygens (including phenoxy) is 2. The fourth-order valence-electron chi connectivity index (χ4n) is 3.20. The molecule has 1 amide bonds. The summed E-state index contributed by atoms with van der Waals surface area (Å²) >= 11 is 12.1. The van der Waals surface area contributed by atoms with Crippen molar-refractivity contribution < 1.29 is 14.3 Å². The number of carbonyl (C=O) groups is 1. The monoisotopic (exact) mass is 457 g/mol. The smallest absolute Gasteiger partial charge is 0.255 e. The summed E-state index contributed by atoms with van der Waals surface area (Å²) < 4.78 is 11.9. The molecule has 0 aromatic heterocycles. The van der Waals surface area contributed by atoms with Crippen molar-refractivity contribution >= 4 is 34.8 Å². The van der Waals surface area contributed by atoms with E-state index in [1.165, 1.54) is 0 Å². The zero-order valence-corrected chi connectivity index (χ0v) is 19.3. The first-order valence-corrected chi connectivity index (χ1v) is 10.9. The van der Waals surface area contributed by atoms with E-state index >= 15 is 0 Å². The lowest BCUT2D eigenvalue weighted by Gasteiger charge is -2.16. The fourth-order valence-corrected chi connectivity index (χ4v) is 3.73. The van der Waals surface area contributed by atoms with Gasteiger partial charge in [-0.25, -0.2) is 0 Å². The van der Waals surface area contributed by atoms with Gasteiger partial charge in [0.2, 0.25) is 0 Å². The van der Waals surface area contributed by atoms with Gasteiger partial charge < -0.3 is 14.8 Å². The molecule has 0 heterocycles. The van der Waals surface area contributed by atoms with Gasteiger partial charge in [-0.2, -0.15) is 0 Å². The third-order valence-corrected chi connectivity index (χ3v) is 5.10. The highest BCUT2D eigenvalue weighted by atomic mass is 35.5. The molecule has 0 aliphatic carbocycles. The molecule has 0 fully saturated rings. The van der Waals surface area contributed by atoms with E-state index in [1.807, 2.05) is 25.1 Å². The molecule has 3 aromatic carbocycles. The van der Waals surface area contributed by atoms with Crippen LogP contribution < -0.4 is 14.8 Å². The number of carbonyl (C=O) groups excluding carboxylic acids is 1. The molecular formula is C25H25Cl2NO3. The molecule has 0 saturated heterocycles. The summed E-state index contributed by atoms with van der Waals surface area (Å²) in [6, 6.07) is 18.2. The maximum atomic E-state index is 12.8. The minimum Gasteiger partial charge on any atom is -0.493 e. The summed E-state index contributed by atoms with van der Waals surface area (Å²) in [5, 5.41) is 3.73. The molecular weight excluding hydrogens is 433 g/mol. The number of hydrogen-bond acceptors (Lipinski definition) is 3. The van der Waals surface area contributed by atoms with Crippen molar-refractivity contribution in [2.45, 2.75) is 33.3 Å². The van der Waals surface area contributed by atoms with Crippen molar-refractivity contribution in [1.29, 1.82) is 0 Å². The van der Waals surface area contributed by atoms with Crippen LogP contribution in [0.3, 0.4) is 0 Å². The molecule has 3 rings (SSSR count). The van der Waals surface area contributed by atoms with Crippen LogP contribution in [0.4, 0.5) is 5.69 Å². The fraction of sp³-hybridized carbons (Fsp3) is 0.240. The van der Waals surface area contributed by atoms with E-state index in [0.29, 0.717) is 39.6 Å². The van der Waals surface area contributed by atoms with Crippen LogP contribution in [0.5, 0.6) is 11.5 Å². The molecule has 0 spiro atoms. The predicted octanol–water partition coefficient (Wildman–Crippen LogP) is 7.35. The highest BCUT2D eigenvalue weighted by molar-refractivity contribution is 6.35. The largest absolute Gasteiger partial charge is 0.493 e. The zero-order chi connectivity index (χ0) is 22.4. The summed E-state index contributed by atoms with van der Waals surface area (Å²) in [4.78, 5) is 12.8. The molecule has 0 unspecified atom stereocenters. The second-order valence-electron chi connectivity index (χ2n) is 7.35. The SMILES string of the molecule is CCOc1ccc(C(=O)Nc2cc(Cl)cc(Cl)c2)cc1COc1ccccc1C(C)C. The van der Waals surface area contributed by atoms with Gasteiger partial charge in [0.25, 0.3) is 5.91 Å². The van der Waals surface area contributed by atoms with Crippen LogP contribution in [0, 0.1) is 0 Å². The van der Waals surface area contributed by atoms with Gasteiger partial charge in [-0.05, 0) is 60.9 Å². The maximum Gasteiger partial charge on any atom is 0.255 e. The molecule has 0 aliphatic heterocycles. The van der Waals surface area contributed by atoms with E-state index in [0.717, 1.165) is 16.9 Å². The van der Waals surface area contributed by atoms with Gasteiger partial charge in [0.1, 0.15) is 18.1 Å². The zero-order valence-electron chi connectivity index (χ0n) is 17.7. The Hall–Kier alpha value is -2.69. The van der Waals surface area contributed by atoms with E-state index in [4.69, 9.17) is 32.7 Å². The summed E-state index contributed by atoms with van der Waals surface area (Å²) in [6.45, 7) is 6.97. The Morgan fingerprint density at radius 2 is 1.65 bits per heavy atom. The van der Waals surface area contributed by atoms with Crippen molar-refractivity contribution in [3.05, 3.63) is 87.4 Å². The molecule has 3 aromatic rings. The van der Waals surface area contributed by atoms with Crippen LogP contribution in [0.1, 0.15) is 48.2 Å². The molecule has 1 N–H and O–H groups in total. The average Bonchev–Trinajstić information content (AvgIpc) is 2.72. The lowest BCUT2D eigenvalue weighted by Crippen LogP contribution is -2.13. The van der Waals surface area contributed by atoms with Gasteiger partial charge in [-0.3, -0.25) is 4.79 Å². The van der Waals surface area contributed by atoms with Crippen LogP contribution >= 0.6 is 23.2 Å². The number of anilines is 1. The third-order valence-electron chi connectivity index (χ3n) is 4.67. The van der Waals surface area contributed by atoms with E-state index in [2.05, 4.69) is 25.2 Å². The van der Waals surface area contributed by atoms with Crippen LogP contribution in [0.2, 0.25) is 10.0 Å². The topological polar surface area (TPSA) is 47.6 Å². The lowest BCUT2D eigenvalue weighted by molar-refractivity contribution is 0.102. The van der Waals surface area contributed by atoms with Crippen LogP contribution in [0.25, 0.3) is 0 Å². The second-order valence-corrected chi connectivity index (χ2v) is 8.22. The van der Waals surface area contributed by atoms with Crippen molar-refractivity contribution in [1.82, 2.24) is 0 Å². The maximum absolute atomic E-state index is 12.8. The average molecular weight is 458 g/mol. The molecule has 6 heteroatoms. The molecule has 0 saturated carbocycles. The number of benzene rings is 3. The molecule has 4 nitrogen and oxygen atoms in total. The number of hydrogen-bond donors (Lipinski definition) is 1. The van der Waals surface area contributed by atoms with Crippen molar-refractivity contribution in [3.63, 3.8) is 0 Å². The van der Waals surface area contributed by atoms with Gasteiger partial charge in [0.15, 0.2) is 0 Å². The Balaban J connectivity index is 1.83. The summed E-state index contributed by atoms with van der Waals surface area (Å²) in [6.07, 6.45) is 0. The number of para-hydroxylation sites is 1. The predicted molar refractivity (Wildman–Crippen MR) is 127 cm³/mol. The van der Waals surface area contributed by atoms with Gasteiger partial charge >= 0.3 is 0 Å². The molecule has 0 radical (unpaired) electrons. The first kappa shape index (κ1) is 23.0. The highest BCUT2D eigenvalue weighted by Gasteiger charge is 2.14. The number of nitrogens with one attached hydrogen (secondary N) is 1. The van der Waals surface area contributed by atoms with E-state index < -0.39 is 0 Å². The standard InChI is InChI=1S/C25H25Cl2NO3/c1-4-30-23-10-9-17(25(29)28-21-13-19(26)12-20(27)14-21)11-18(23)15-31-24-8-6-5-7-22(24)16(2)3/h5-14,16H,4,15H2,1-3H3,(H,28,29). The Bertz CT molecular complexity index is 1050. The van der Waals surface area contributed by atoms with Crippen molar-refractivity contribution in [3.8, 4) is 11.5 Å². The minimum atomic E-state index is -0.273. The number of halogens is 2. The van der Waals surface area contributed by atoms with E-state index in [-0.39, 0.29) is 12.5 Å². The van der Waals surface area contributed by atoms with Gasteiger partial charge in [-0.15, -0.1) is 0 Å². The Kier molecular flexibility index (Phi) is 7.83. The van der Waals surface area contributed by atoms with Gasteiger partial charge in [0, 0.05) is 26.9 Å². The Morgan fingerprint density at radius 1 is 0.935 bits per heavy atom. The Morgan fingerprint density at radius 3 is 2.32 bits per heavy atom. The van der Waals surface area contributed by atoms with Crippen LogP contribution in [-0.2, 0) is 6.61 Å². The van der Waals surface area contributed by atoms with Crippen LogP contribution in [0.15, 0.2) is 60.7 Å². The van der Waals surface area contributed by atoms with Gasteiger partial charge in [0.05, 0.1) is 6.61 Å². The summed E-state index contributed by atoms with van der Waals surface area (Å²) in [5.41, 5.74) is 2.93. The molecule has 162 valence electrons. The van der Waals surface area contributed by atoms with Gasteiger partial charge in [-0.1, -0.05) is 55.2 Å². The summed E-state index contributed by atoms with van der Waals surface area (Å²) in [5.74, 6) is 1.57. The lowest BCUT2D eigenvalue weighted by atomic mass is 10.0. The number of rotatable bonds is 8. The normalized spacial score (nSPS) is 10.8. The van der Waals surface area contributed by atoms with E-state index in [9.17, 15) is 4.79 Å². The Labute approximate surface area is 193 Å². The molecule has 31 heavy (non-hydrogen) atoms. The second kappa shape index (κ2) is 10.6. The van der Waals surface area contributed by atoms with E-state index in [1.54, 1.807) is 36.4 Å². The van der Waals surface area contributed by atoms with Crippen LogP contribution in [-0.4, -0.2) is 12.5 Å². The number of amides is 1. The first-order valence-electron chi connectivity index (χ1n) is 10.1. The molecule has 0 aliphatic rings. The van der Waals surface area contributed by atoms with Crippen molar-refractivity contribution in [2.75, 3.05) is 11.9 Å². The quantitative estimate of drug-likeness (QED) is 0.384. The minimum absolute atomic E-state index is 0.273. The first-order chi connectivity index (χ1) is 14.9. The third kappa shape index (κ3) is 6.16. The molecule has 0 bridgehead atoms. The molecule has 0 atom stereocenters. The van der Waals surface area contributed by atoms with Crippen molar-refractivity contribution in [2.24, 2.45) is 0 Å². The highest BCUT2D eigenvalue weighted by Crippen LogP contribution is 2.29. The summed E-state index contributed by atoms with van der Waals surface area (Å²) in [7, 11) is 0.